The summed E-state index contributed by atoms with van der Waals surface area (Å²) in [5, 5.41) is 2.82. The molecule has 0 atom stereocenters. The van der Waals surface area contributed by atoms with Gasteiger partial charge in [-0.2, -0.15) is 0 Å². The highest BCUT2D eigenvalue weighted by Crippen LogP contribution is 2.24. The SMILES string of the molecule is COc1ccc(-n2c(C)cc(C(=O)Nc3cccc(S(=O)(=O)NC(C)(C)C)c3)c2C)cc1. The van der Waals surface area contributed by atoms with Gasteiger partial charge >= 0.3 is 0 Å². The fourth-order valence-electron chi connectivity index (χ4n) is 3.52. The summed E-state index contributed by atoms with van der Waals surface area (Å²) in [4.78, 5) is 13.1. The molecule has 0 aliphatic carbocycles. The lowest BCUT2D eigenvalue weighted by Crippen LogP contribution is -2.40. The Balaban J connectivity index is 1.87. The maximum Gasteiger partial charge on any atom is 0.257 e. The summed E-state index contributed by atoms with van der Waals surface area (Å²) in [5.41, 5.74) is 2.91. The number of anilines is 1. The van der Waals surface area contributed by atoms with Crippen LogP contribution in [0.3, 0.4) is 0 Å². The monoisotopic (exact) mass is 455 g/mol. The van der Waals surface area contributed by atoms with E-state index in [-0.39, 0.29) is 10.8 Å². The third-order valence-corrected chi connectivity index (χ3v) is 6.60. The molecule has 0 aliphatic rings. The zero-order valence-electron chi connectivity index (χ0n) is 19.2. The highest BCUT2D eigenvalue weighted by molar-refractivity contribution is 7.89. The lowest BCUT2D eigenvalue weighted by atomic mass is 10.1. The van der Waals surface area contributed by atoms with Gasteiger partial charge < -0.3 is 14.6 Å². The van der Waals surface area contributed by atoms with E-state index in [4.69, 9.17) is 4.74 Å². The maximum absolute atomic E-state index is 13.0. The van der Waals surface area contributed by atoms with Crippen molar-refractivity contribution in [3.05, 3.63) is 71.5 Å². The van der Waals surface area contributed by atoms with Gasteiger partial charge in [-0.3, -0.25) is 4.79 Å². The summed E-state index contributed by atoms with van der Waals surface area (Å²) in [6, 6.07) is 15.6. The number of carbonyl (C=O) groups excluding carboxylic acids is 1. The summed E-state index contributed by atoms with van der Waals surface area (Å²) in [6.45, 7) is 9.12. The van der Waals surface area contributed by atoms with Gasteiger partial charge in [0.1, 0.15) is 5.75 Å². The van der Waals surface area contributed by atoms with Crippen molar-refractivity contribution in [2.24, 2.45) is 0 Å². The molecule has 32 heavy (non-hydrogen) atoms. The Morgan fingerprint density at radius 2 is 1.66 bits per heavy atom. The second-order valence-corrected chi connectivity index (χ2v) is 10.3. The van der Waals surface area contributed by atoms with Crippen LogP contribution in [-0.2, 0) is 10.0 Å². The first-order valence-electron chi connectivity index (χ1n) is 10.2. The maximum atomic E-state index is 13.0. The minimum Gasteiger partial charge on any atom is -0.497 e. The first kappa shape index (κ1) is 23.6. The number of nitrogens with zero attached hydrogens (tertiary/aromatic N) is 1. The first-order valence-corrected chi connectivity index (χ1v) is 11.7. The Morgan fingerprint density at radius 3 is 2.25 bits per heavy atom. The standard InChI is InChI=1S/C24H29N3O4S/c1-16-14-22(17(2)27(16)19-10-12-20(31-6)13-11-19)23(28)25-18-8-7-9-21(15-18)32(29,30)26-24(3,4)5/h7-15,26H,1-6H3,(H,25,28). The topological polar surface area (TPSA) is 89.4 Å². The van der Waals surface area contributed by atoms with Crippen LogP contribution in [0.15, 0.2) is 59.5 Å². The summed E-state index contributed by atoms with van der Waals surface area (Å²) in [7, 11) is -2.10. The molecule has 7 nitrogen and oxygen atoms in total. The van der Waals surface area contributed by atoms with Crippen molar-refractivity contribution in [3.8, 4) is 11.4 Å². The number of benzene rings is 2. The van der Waals surface area contributed by atoms with Crippen molar-refractivity contribution in [1.82, 2.24) is 9.29 Å². The molecule has 1 aromatic heterocycles. The molecule has 0 radical (unpaired) electrons. The largest absolute Gasteiger partial charge is 0.497 e. The van der Waals surface area contributed by atoms with Gasteiger partial charge in [-0.15, -0.1) is 0 Å². The third kappa shape index (κ3) is 5.20. The van der Waals surface area contributed by atoms with E-state index in [0.29, 0.717) is 11.3 Å². The molecule has 0 saturated carbocycles. The molecule has 0 fully saturated rings. The molecule has 0 saturated heterocycles. The Morgan fingerprint density at radius 1 is 1.00 bits per heavy atom. The minimum atomic E-state index is -3.71. The average Bonchev–Trinajstić information content (AvgIpc) is 3.01. The predicted molar refractivity (Wildman–Crippen MR) is 126 cm³/mol. The van der Waals surface area contributed by atoms with Gasteiger partial charge in [-0.1, -0.05) is 6.07 Å². The number of ether oxygens (including phenoxy) is 1. The molecule has 0 unspecified atom stereocenters. The number of sulfonamides is 1. The van der Waals surface area contributed by atoms with E-state index in [1.165, 1.54) is 12.1 Å². The van der Waals surface area contributed by atoms with E-state index in [2.05, 4.69) is 10.0 Å². The number of aryl methyl sites for hydroxylation is 1. The average molecular weight is 456 g/mol. The molecule has 1 heterocycles. The number of hydrogen-bond donors (Lipinski definition) is 2. The molecule has 0 aliphatic heterocycles. The Hall–Kier alpha value is -3.10. The molecule has 3 aromatic rings. The van der Waals surface area contributed by atoms with Crippen LogP contribution in [0.1, 0.15) is 42.5 Å². The lowest BCUT2D eigenvalue weighted by Gasteiger charge is -2.20. The summed E-state index contributed by atoms with van der Waals surface area (Å²) >= 11 is 0. The quantitative estimate of drug-likeness (QED) is 0.575. The number of amides is 1. The van der Waals surface area contributed by atoms with Gasteiger partial charge in [-0.25, -0.2) is 13.1 Å². The van der Waals surface area contributed by atoms with E-state index in [1.807, 2.05) is 48.7 Å². The van der Waals surface area contributed by atoms with Gasteiger partial charge in [0.2, 0.25) is 10.0 Å². The van der Waals surface area contributed by atoms with Crippen LogP contribution < -0.4 is 14.8 Å². The number of aromatic nitrogens is 1. The summed E-state index contributed by atoms with van der Waals surface area (Å²) < 4.78 is 35.1. The van der Waals surface area contributed by atoms with Crippen molar-refractivity contribution in [2.75, 3.05) is 12.4 Å². The van der Waals surface area contributed by atoms with Crippen LogP contribution in [0, 0.1) is 13.8 Å². The number of rotatable bonds is 6. The summed E-state index contributed by atoms with van der Waals surface area (Å²) in [5.74, 6) is 0.446. The van der Waals surface area contributed by atoms with Crippen molar-refractivity contribution in [2.45, 2.75) is 45.1 Å². The van der Waals surface area contributed by atoms with Crippen LogP contribution in [0.5, 0.6) is 5.75 Å². The molecule has 8 heteroatoms. The second-order valence-electron chi connectivity index (χ2n) is 8.66. The first-order chi connectivity index (χ1) is 14.9. The third-order valence-electron chi connectivity index (χ3n) is 4.85. The second kappa shape index (κ2) is 8.80. The normalized spacial score (nSPS) is 11.9. The fraction of sp³-hybridized carbons (Fsp3) is 0.292. The van der Waals surface area contributed by atoms with Gasteiger partial charge in [0.05, 0.1) is 17.6 Å². The van der Waals surface area contributed by atoms with Gasteiger partial charge in [0.15, 0.2) is 0 Å². The van der Waals surface area contributed by atoms with Crippen molar-refractivity contribution in [3.63, 3.8) is 0 Å². The van der Waals surface area contributed by atoms with E-state index >= 15 is 0 Å². The van der Waals surface area contributed by atoms with E-state index in [9.17, 15) is 13.2 Å². The smallest absolute Gasteiger partial charge is 0.257 e. The lowest BCUT2D eigenvalue weighted by molar-refractivity contribution is 0.102. The molecule has 2 aromatic carbocycles. The number of hydrogen-bond acceptors (Lipinski definition) is 4. The van der Waals surface area contributed by atoms with Crippen molar-refractivity contribution < 1.29 is 17.9 Å². The number of methoxy groups -OCH3 is 1. The fourth-order valence-corrected chi connectivity index (χ4v) is 4.99. The molecular formula is C24H29N3O4S. The van der Waals surface area contributed by atoms with E-state index < -0.39 is 15.6 Å². The zero-order valence-corrected chi connectivity index (χ0v) is 20.0. The Bertz CT molecular complexity index is 1240. The molecular weight excluding hydrogens is 426 g/mol. The molecule has 0 bridgehead atoms. The summed E-state index contributed by atoms with van der Waals surface area (Å²) in [6.07, 6.45) is 0. The van der Waals surface area contributed by atoms with E-state index in [1.54, 1.807) is 40.0 Å². The zero-order chi connectivity index (χ0) is 23.7. The van der Waals surface area contributed by atoms with Crippen LogP contribution in [0.2, 0.25) is 0 Å². The predicted octanol–water partition coefficient (Wildman–Crippen LogP) is 4.43. The van der Waals surface area contributed by atoms with Gasteiger partial charge in [0, 0.05) is 28.3 Å². The van der Waals surface area contributed by atoms with Crippen LogP contribution in [-0.4, -0.2) is 31.5 Å². The van der Waals surface area contributed by atoms with Crippen molar-refractivity contribution >= 4 is 21.6 Å². The van der Waals surface area contributed by atoms with Gasteiger partial charge in [-0.05, 0) is 83.1 Å². The highest BCUT2D eigenvalue weighted by atomic mass is 32.2. The molecule has 1 amide bonds. The minimum absolute atomic E-state index is 0.0916. The van der Waals surface area contributed by atoms with Crippen molar-refractivity contribution in [1.29, 1.82) is 0 Å². The Labute approximate surface area is 189 Å². The molecule has 170 valence electrons. The van der Waals surface area contributed by atoms with Gasteiger partial charge in [0.25, 0.3) is 5.91 Å². The molecule has 2 N–H and O–H groups in total. The highest BCUT2D eigenvalue weighted by Gasteiger charge is 2.23. The van der Waals surface area contributed by atoms with Crippen LogP contribution in [0.25, 0.3) is 5.69 Å². The molecule has 0 spiro atoms. The number of nitrogens with one attached hydrogen (secondary N) is 2. The van der Waals surface area contributed by atoms with Crippen LogP contribution in [0.4, 0.5) is 5.69 Å². The Kier molecular flexibility index (Phi) is 6.48. The van der Waals surface area contributed by atoms with Crippen LogP contribution >= 0.6 is 0 Å². The molecule has 3 rings (SSSR count). The van der Waals surface area contributed by atoms with E-state index in [0.717, 1.165) is 22.8 Å². The number of carbonyl (C=O) groups is 1.